The van der Waals surface area contributed by atoms with Gasteiger partial charge in [0.1, 0.15) is 11.6 Å². The summed E-state index contributed by atoms with van der Waals surface area (Å²) in [6.45, 7) is 1.65. The van der Waals surface area contributed by atoms with E-state index < -0.39 is 0 Å². The van der Waals surface area contributed by atoms with Crippen LogP contribution in [-0.2, 0) is 13.1 Å². The molecule has 0 bridgehead atoms. The molecule has 0 atom stereocenters. The molecule has 0 heterocycles. The second-order valence-electron chi connectivity index (χ2n) is 4.65. The van der Waals surface area contributed by atoms with Crippen LogP contribution in [-0.4, -0.2) is 19.1 Å². The molecule has 0 saturated heterocycles. The van der Waals surface area contributed by atoms with E-state index in [2.05, 4.69) is 17.0 Å². The number of ether oxygens (including phenoxy) is 1. The van der Waals surface area contributed by atoms with E-state index >= 15 is 0 Å². The average molecular weight is 259 g/mol. The minimum Gasteiger partial charge on any atom is -0.497 e. The van der Waals surface area contributed by atoms with Gasteiger partial charge in [0.15, 0.2) is 0 Å². The maximum atomic E-state index is 12.8. The van der Waals surface area contributed by atoms with Crippen LogP contribution in [0, 0.1) is 5.82 Å². The third kappa shape index (κ3) is 4.07. The predicted octanol–water partition coefficient (Wildman–Crippen LogP) is 3.47. The zero-order chi connectivity index (χ0) is 13.7. The molecule has 2 rings (SSSR count). The third-order valence-electron chi connectivity index (χ3n) is 2.98. The predicted molar refractivity (Wildman–Crippen MR) is 74.6 cm³/mol. The highest BCUT2D eigenvalue weighted by Crippen LogP contribution is 2.14. The minimum atomic E-state index is -0.193. The van der Waals surface area contributed by atoms with Crippen molar-refractivity contribution in [1.82, 2.24) is 4.90 Å². The van der Waals surface area contributed by atoms with Gasteiger partial charge in [0, 0.05) is 13.1 Å². The van der Waals surface area contributed by atoms with Crippen molar-refractivity contribution in [3.63, 3.8) is 0 Å². The lowest BCUT2D eigenvalue weighted by molar-refractivity contribution is 0.318. The molecule has 0 N–H and O–H groups in total. The van der Waals surface area contributed by atoms with Crippen molar-refractivity contribution in [2.45, 2.75) is 13.1 Å². The Labute approximate surface area is 113 Å². The van der Waals surface area contributed by atoms with E-state index in [1.807, 2.05) is 31.3 Å². The van der Waals surface area contributed by atoms with E-state index in [1.165, 1.54) is 17.7 Å². The highest BCUT2D eigenvalue weighted by atomic mass is 19.1. The molecular weight excluding hydrogens is 241 g/mol. The highest BCUT2D eigenvalue weighted by molar-refractivity contribution is 5.27. The van der Waals surface area contributed by atoms with Gasteiger partial charge in [-0.05, 0) is 42.4 Å². The summed E-state index contributed by atoms with van der Waals surface area (Å²) in [4.78, 5) is 2.19. The van der Waals surface area contributed by atoms with Crippen molar-refractivity contribution in [3.8, 4) is 5.75 Å². The lowest BCUT2D eigenvalue weighted by atomic mass is 10.1. The summed E-state index contributed by atoms with van der Waals surface area (Å²) in [6, 6.07) is 14.7. The maximum absolute atomic E-state index is 12.8. The van der Waals surface area contributed by atoms with Crippen LogP contribution in [0.3, 0.4) is 0 Å². The monoisotopic (exact) mass is 259 g/mol. The molecule has 0 aliphatic rings. The Bertz CT molecular complexity index is 507. The first-order valence-corrected chi connectivity index (χ1v) is 6.23. The van der Waals surface area contributed by atoms with Gasteiger partial charge in [-0.1, -0.05) is 24.3 Å². The standard InChI is InChI=1S/C16H18FNO/c1-18(11-13-3-7-15(17)8-4-13)12-14-5-9-16(19-2)10-6-14/h3-10H,11-12H2,1-2H3. The SMILES string of the molecule is COc1ccc(CN(C)Cc2ccc(F)cc2)cc1. The molecule has 0 unspecified atom stereocenters. The molecule has 0 spiro atoms. The molecule has 0 aliphatic heterocycles. The first-order chi connectivity index (χ1) is 9.17. The Morgan fingerprint density at radius 1 is 0.895 bits per heavy atom. The van der Waals surface area contributed by atoms with Crippen LogP contribution in [0.15, 0.2) is 48.5 Å². The van der Waals surface area contributed by atoms with Gasteiger partial charge >= 0.3 is 0 Å². The second kappa shape index (κ2) is 6.34. The molecule has 2 aromatic rings. The van der Waals surface area contributed by atoms with Gasteiger partial charge < -0.3 is 4.74 Å². The topological polar surface area (TPSA) is 12.5 Å². The van der Waals surface area contributed by atoms with Crippen LogP contribution >= 0.6 is 0 Å². The van der Waals surface area contributed by atoms with Crippen LogP contribution in [0.1, 0.15) is 11.1 Å². The van der Waals surface area contributed by atoms with Crippen molar-refractivity contribution in [2.24, 2.45) is 0 Å². The average Bonchev–Trinajstić information content (AvgIpc) is 2.42. The van der Waals surface area contributed by atoms with Crippen LogP contribution in [0.4, 0.5) is 4.39 Å². The van der Waals surface area contributed by atoms with Gasteiger partial charge in [-0.2, -0.15) is 0 Å². The molecule has 19 heavy (non-hydrogen) atoms. The summed E-state index contributed by atoms with van der Waals surface area (Å²) < 4.78 is 17.9. The van der Waals surface area contributed by atoms with Crippen molar-refractivity contribution in [1.29, 1.82) is 0 Å². The number of benzene rings is 2. The van der Waals surface area contributed by atoms with Gasteiger partial charge in [0.2, 0.25) is 0 Å². The highest BCUT2D eigenvalue weighted by Gasteiger charge is 2.02. The molecule has 0 amide bonds. The van der Waals surface area contributed by atoms with Gasteiger partial charge in [-0.15, -0.1) is 0 Å². The Morgan fingerprint density at radius 3 is 1.84 bits per heavy atom. The molecule has 0 saturated carbocycles. The summed E-state index contributed by atoms with van der Waals surface area (Å²) in [5, 5.41) is 0. The molecular formula is C16H18FNO. The number of halogens is 1. The fourth-order valence-corrected chi connectivity index (χ4v) is 2.00. The minimum absolute atomic E-state index is 0.193. The van der Waals surface area contributed by atoms with E-state index in [0.717, 1.165) is 24.4 Å². The Balaban J connectivity index is 1.92. The first-order valence-electron chi connectivity index (χ1n) is 6.23. The van der Waals surface area contributed by atoms with Crippen molar-refractivity contribution in [3.05, 3.63) is 65.5 Å². The summed E-state index contributed by atoms with van der Waals surface area (Å²) in [7, 11) is 3.71. The van der Waals surface area contributed by atoms with Crippen LogP contribution in [0.5, 0.6) is 5.75 Å². The largest absolute Gasteiger partial charge is 0.497 e. The summed E-state index contributed by atoms with van der Waals surface area (Å²) >= 11 is 0. The van der Waals surface area contributed by atoms with Crippen molar-refractivity contribution < 1.29 is 9.13 Å². The van der Waals surface area contributed by atoms with E-state index in [4.69, 9.17) is 4.74 Å². The third-order valence-corrected chi connectivity index (χ3v) is 2.98. The van der Waals surface area contributed by atoms with E-state index in [1.54, 1.807) is 7.11 Å². The first kappa shape index (κ1) is 13.6. The zero-order valence-electron chi connectivity index (χ0n) is 11.3. The van der Waals surface area contributed by atoms with Gasteiger partial charge in [-0.25, -0.2) is 4.39 Å². The normalized spacial score (nSPS) is 10.7. The Kier molecular flexibility index (Phi) is 4.53. The molecule has 0 aromatic heterocycles. The lowest BCUT2D eigenvalue weighted by Gasteiger charge is -2.17. The molecule has 0 aliphatic carbocycles. The zero-order valence-corrected chi connectivity index (χ0v) is 11.3. The molecule has 2 aromatic carbocycles. The Morgan fingerprint density at radius 2 is 1.37 bits per heavy atom. The van der Waals surface area contributed by atoms with E-state index in [-0.39, 0.29) is 5.82 Å². The summed E-state index contributed by atoms with van der Waals surface area (Å²) in [6.07, 6.45) is 0. The lowest BCUT2D eigenvalue weighted by Crippen LogP contribution is -2.17. The van der Waals surface area contributed by atoms with Crippen molar-refractivity contribution in [2.75, 3.05) is 14.2 Å². The fraction of sp³-hybridized carbons (Fsp3) is 0.250. The number of hydrogen-bond acceptors (Lipinski definition) is 2. The van der Waals surface area contributed by atoms with E-state index in [0.29, 0.717) is 0 Å². The number of hydrogen-bond donors (Lipinski definition) is 0. The quantitative estimate of drug-likeness (QED) is 0.815. The Hall–Kier alpha value is -1.87. The van der Waals surface area contributed by atoms with E-state index in [9.17, 15) is 4.39 Å². The second-order valence-corrected chi connectivity index (χ2v) is 4.65. The molecule has 2 nitrogen and oxygen atoms in total. The number of methoxy groups -OCH3 is 1. The maximum Gasteiger partial charge on any atom is 0.123 e. The molecule has 3 heteroatoms. The molecule has 100 valence electrons. The summed E-state index contributed by atoms with van der Waals surface area (Å²) in [5.41, 5.74) is 2.34. The number of nitrogens with zero attached hydrogens (tertiary/aromatic N) is 1. The number of rotatable bonds is 5. The van der Waals surface area contributed by atoms with Gasteiger partial charge in [0.25, 0.3) is 0 Å². The van der Waals surface area contributed by atoms with Crippen LogP contribution in [0.25, 0.3) is 0 Å². The van der Waals surface area contributed by atoms with Crippen LogP contribution < -0.4 is 4.74 Å². The molecule has 0 fully saturated rings. The van der Waals surface area contributed by atoms with Crippen molar-refractivity contribution >= 4 is 0 Å². The fourth-order valence-electron chi connectivity index (χ4n) is 2.00. The smallest absolute Gasteiger partial charge is 0.123 e. The summed E-state index contributed by atoms with van der Waals surface area (Å²) in [5.74, 6) is 0.673. The molecule has 0 radical (unpaired) electrons. The van der Waals surface area contributed by atoms with Crippen LogP contribution in [0.2, 0.25) is 0 Å². The van der Waals surface area contributed by atoms with Gasteiger partial charge in [-0.3, -0.25) is 4.90 Å². The van der Waals surface area contributed by atoms with Gasteiger partial charge in [0.05, 0.1) is 7.11 Å².